The van der Waals surface area contributed by atoms with Crippen LogP contribution in [0.5, 0.6) is 11.5 Å². The molecule has 0 radical (unpaired) electrons. The first-order valence-electron chi connectivity index (χ1n) is 10.6. The molecule has 0 amide bonds. The Balaban J connectivity index is 1.76. The van der Waals surface area contributed by atoms with E-state index in [-0.39, 0.29) is 18.8 Å². The van der Waals surface area contributed by atoms with E-state index in [9.17, 15) is 18.6 Å². The zero-order chi connectivity index (χ0) is 25.3. The molecule has 3 aromatic rings. The molecular weight excluding hydrogens is 476 g/mol. The standard InChI is InChI=1S/C22H26N6O6S/c1-33-16-4-3-5-17(34-2)14(16)7-6-12-10-28(22-18(12)21(23)25-11-26-22)15-8-13(19(29)20(15)30)9-27-35(24,31)32/h3-5,10-11,13,15,19-20,27,29-30H,8-9H2,1-2H3,(H2,23,25,26)(H2,24,31,32)/t13-,15-,19-,20+/m1/s1. The van der Waals surface area contributed by atoms with Gasteiger partial charge in [0, 0.05) is 18.7 Å². The number of aliphatic hydroxyl groups excluding tert-OH is 2. The largest absolute Gasteiger partial charge is 0.495 e. The van der Waals surface area contributed by atoms with E-state index in [1.54, 1.807) is 29.0 Å². The smallest absolute Gasteiger partial charge is 0.274 e. The molecule has 13 heteroatoms. The zero-order valence-corrected chi connectivity index (χ0v) is 19.9. The van der Waals surface area contributed by atoms with Crippen LogP contribution in [0.3, 0.4) is 0 Å². The first-order valence-corrected chi connectivity index (χ1v) is 12.2. The SMILES string of the molecule is COc1cccc(OC)c1C#Cc1cn([C@@H]2C[C@H](CNS(N)(=O)=O)[C@@H](O)[C@H]2O)c2ncnc(N)c12. The van der Waals surface area contributed by atoms with Gasteiger partial charge in [-0.25, -0.2) is 19.8 Å². The predicted molar refractivity (Wildman–Crippen MR) is 128 cm³/mol. The third-order valence-electron chi connectivity index (χ3n) is 6.06. The van der Waals surface area contributed by atoms with E-state index in [2.05, 4.69) is 26.5 Å². The Morgan fingerprint density at radius 1 is 1.17 bits per heavy atom. The van der Waals surface area contributed by atoms with Crippen molar-refractivity contribution in [3.63, 3.8) is 0 Å². The lowest BCUT2D eigenvalue weighted by Crippen LogP contribution is -2.38. The Morgan fingerprint density at radius 3 is 2.49 bits per heavy atom. The second-order valence-corrected chi connectivity index (χ2v) is 9.51. The molecule has 0 unspecified atom stereocenters. The van der Waals surface area contributed by atoms with Gasteiger partial charge in [-0.3, -0.25) is 0 Å². The maximum absolute atomic E-state index is 11.3. The number of ether oxygens (including phenoxy) is 2. The van der Waals surface area contributed by atoms with E-state index >= 15 is 0 Å². The van der Waals surface area contributed by atoms with Crippen molar-refractivity contribution in [3.05, 3.63) is 41.9 Å². The highest BCUT2D eigenvalue weighted by Crippen LogP contribution is 2.38. The Labute approximate surface area is 202 Å². The highest BCUT2D eigenvalue weighted by atomic mass is 32.2. The van der Waals surface area contributed by atoms with Crippen LogP contribution in [0.2, 0.25) is 0 Å². The summed E-state index contributed by atoms with van der Waals surface area (Å²) >= 11 is 0. The number of rotatable bonds is 6. The molecule has 4 rings (SSSR count). The molecule has 0 aliphatic heterocycles. The summed E-state index contributed by atoms with van der Waals surface area (Å²) in [5.41, 5.74) is 7.61. The monoisotopic (exact) mass is 502 g/mol. The topological polar surface area (TPSA) is 188 Å². The molecule has 2 heterocycles. The number of nitrogens with one attached hydrogen (secondary N) is 1. The normalized spacial score (nSPS) is 22.1. The summed E-state index contributed by atoms with van der Waals surface area (Å²) in [6, 6.07) is 4.69. The van der Waals surface area contributed by atoms with Gasteiger partial charge in [0.2, 0.25) is 0 Å². The third-order valence-corrected chi connectivity index (χ3v) is 6.63. The Morgan fingerprint density at radius 2 is 1.86 bits per heavy atom. The molecule has 0 bridgehead atoms. The second-order valence-electron chi connectivity index (χ2n) is 8.13. The van der Waals surface area contributed by atoms with Gasteiger partial charge in [0.15, 0.2) is 0 Å². The first kappa shape index (κ1) is 24.7. The van der Waals surface area contributed by atoms with Gasteiger partial charge < -0.3 is 30.0 Å². The van der Waals surface area contributed by atoms with Gasteiger partial charge in [-0.2, -0.15) is 8.42 Å². The molecule has 7 N–H and O–H groups in total. The van der Waals surface area contributed by atoms with Crippen molar-refractivity contribution >= 4 is 27.1 Å². The summed E-state index contributed by atoms with van der Waals surface area (Å²) in [6.07, 6.45) is 0.862. The first-order chi connectivity index (χ1) is 16.6. The maximum atomic E-state index is 11.3. The van der Waals surface area contributed by atoms with E-state index in [0.717, 1.165) is 0 Å². The number of methoxy groups -OCH3 is 2. The van der Waals surface area contributed by atoms with Crippen LogP contribution in [0.25, 0.3) is 11.0 Å². The number of benzene rings is 1. The third kappa shape index (κ3) is 4.88. The number of aromatic nitrogens is 3. The number of aliphatic hydroxyl groups is 2. The fraction of sp³-hybridized carbons (Fsp3) is 0.364. The molecule has 2 aromatic heterocycles. The number of nitrogens with zero attached hydrogens (tertiary/aromatic N) is 3. The van der Waals surface area contributed by atoms with E-state index in [4.69, 9.17) is 20.3 Å². The fourth-order valence-electron chi connectivity index (χ4n) is 4.36. The molecule has 1 aromatic carbocycles. The summed E-state index contributed by atoms with van der Waals surface area (Å²) in [5.74, 6) is 6.83. The molecule has 186 valence electrons. The van der Waals surface area contributed by atoms with Gasteiger partial charge in [-0.1, -0.05) is 17.9 Å². The Bertz CT molecular complexity index is 1390. The molecule has 0 saturated heterocycles. The predicted octanol–water partition coefficient (Wildman–Crippen LogP) is -0.494. The van der Waals surface area contributed by atoms with Crippen molar-refractivity contribution in [2.45, 2.75) is 24.7 Å². The summed E-state index contributed by atoms with van der Waals surface area (Å²) in [4.78, 5) is 8.40. The average Bonchev–Trinajstić information content (AvgIpc) is 3.33. The van der Waals surface area contributed by atoms with E-state index in [0.29, 0.717) is 33.7 Å². The van der Waals surface area contributed by atoms with Crippen LogP contribution in [-0.4, -0.2) is 66.1 Å². The van der Waals surface area contributed by atoms with Crippen molar-refractivity contribution in [2.24, 2.45) is 11.1 Å². The quantitative estimate of drug-likeness (QED) is 0.277. The van der Waals surface area contributed by atoms with Gasteiger partial charge >= 0.3 is 0 Å². The molecule has 1 fully saturated rings. The number of anilines is 1. The van der Waals surface area contributed by atoms with Gasteiger partial charge in [0.1, 0.15) is 41.0 Å². The van der Waals surface area contributed by atoms with Gasteiger partial charge in [-0.05, 0) is 18.6 Å². The number of hydrogen-bond donors (Lipinski definition) is 5. The lowest BCUT2D eigenvalue weighted by Gasteiger charge is -2.18. The van der Waals surface area contributed by atoms with Gasteiger partial charge in [0.25, 0.3) is 10.2 Å². The van der Waals surface area contributed by atoms with Crippen LogP contribution in [0.4, 0.5) is 5.82 Å². The highest BCUT2D eigenvalue weighted by molar-refractivity contribution is 7.87. The number of hydrogen-bond acceptors (Lipinski definition) is 9. The molecule has 0 spiro atoms. The highest BCUT2D eigenvalue weighted by Gasteiger charge is 2.43. The van der Waals surface area contributed by atoms with Crippen LogP contribution >= 0.6 is 0 Å². The van der Waals surface area contributed by atoms with Crippen LogP contribution in [0, 0.1) is 17.8 Å². The summed E-state index contributed by atoms with van der Waals surface area (Å²) in [5, 5.41) is 26.8. The van der Waals surface area contributed by atoms with Crippen LogP contribution in [0.15, 0.2) is 30.7 Å². The Kier molecular flexibility index (Phi) is 6.84. The number of nitrogens with two attached hydrogens (primary N) is 2. The van der Waals surface area contributed by atoms with Crippen molar-refractivity contribution in [1.29, 1.82) is 0 Å². The van der Waals surface area contributed by atoms with E-state index in [1.165, 1.54) is 20.5 Å². The molecule has 4 atom stereocenters. The fourth-order valence-corrected chi connectivity index (χ4v) is 4.81. The van der Waals surface area contributed by atoms with Crippen LogP contribution in [-0.2, 0) is 10.2 Å². The van der Waals surface area contributed by atoms with Crippen LogP contribution < -0.4 is 25.1 Å². The lowest BCUT2D eigenvalue weighted by atomic mass is 10.1. The molecule has 1 aliphatic rings. The Hall–Kier alpha value is -3.41. The molecule has 12 nitrogen and oxygen atoms in total. The lowest BCUT2D eigenvalue weighted by molar-refractivity contribution is 0.00769. The van der Waals surface area contributed by atoms with Crippen molar-refractivity contribution < 1.29 is 28.1 Å². The van der Waals surface area contributed by atoms with E-state index < -0.39 is 34.4 Å². The van der Waals surface area contributed by atoms with Crippen molar-refractivity contribution in [1.82, 2.24) is 19.3 Å². The average molecular weight is 503 g/mol. The van der Waals surface area contributed by atoms with Gasteiger partial charge in [-0.15, -0.1) is 0 Å². The number of nitrogen functional groups attached to an aromatic ring is 1. The molecule has 1 saturated carbocycles. The van der Waals surface area contributed by atoms with Gasteiger partial charge in [0.05, 0.1) is 37.3 Å². The molecular formula is C22H26N6O6S. The summed E-state index contributed by atoms with van der Waals surface area (Å²) < 4.78 is 37.2. The molecule has 1 aliphatic carbocycles. The minimum atomic E-state index is -3.94. The van der Waals surface area contributed by atoms with Crippen molar-refractivity contribution in [2.75, 3.05) is 26.5 Å². The van der Waals surface area contributed by atoms with Crippen molar-refractivity contribution in [3.8, 4) is 23.3 Å². The molecule has 35 heavy (non-hydrogen) atoms. The second kappa shape index (κ2) is 9.68. The van der Waals surface area contributed by atoms with E-state index in [1.807, 2.05) is 0 Å². The number of fused-ring (bicyclic) bond motifs is 1. The zero-order valence-electron chi connectivity index (χ0n) is 19.0. The summed E-state index contributed by atoms with van der Waals surface area (Å²) in [7, 11) is -0.875. The maximum Gasteiger partial charge on any atom is 0.274 e. The summed E-state index contributed by atoms with van der Waals surface area (Å²) in [6.45, 7) is -0.121. The minimum absolute atomic E-state index is 0.121. The minimum Gasteiger partial charge on any atom is -0.495 e. The van der Waals surface area contributed by atoms with Crippen LogP contribution in [0.1, 0.15) is 23.6 Å².